The minimum Gasteiger partial charge on any atom is -0.494 e. The Morgan fingerprint density at radius 1 is 1.12 bits per heavy atom. The third kappa shape index (κ3) is 5.45. The third-order valence-corrected chi connectivity index (χ3v) is 4.74. The number of amides is 1. The lowest BCUT2D eigenvalue weighted by Gasteiger charge is -2.22. The summed E-state index contributed by atoms with van der Waals surface area (Å²) in [4.78, 5) is 12.0. The van der Waals surface area contributed by atoms with E-state index in [4.69, 9.17) is 4.74 Å². The molecule has 2 aromatic carbocycles. The van der Waals surface area contributed by atoms with E-state index in [1.54, 1.807) is 24.3 Å². The first-order valence-corrected chi connectivity index (χ1v) is 9.90. The second kappa shape index (κ2) is 8.66. The van der Waals surface area contributed by atoms with Crippen molar-refractivity contribution in [2.75, 3.05) is 30.3 Å². The van der Waals surface area contributed by atoms with Gasteiger partial charge in [-0.3, -0.25) is 9.10 Å². The van der Waals surface area contributed by atoms with Crippen LogP contribution < -0.4 is 14.4 Å². The van der Waals surface area contributed by atoms with Gasteiger partial charge in [-0.1, -0.05) is 0 Å². The van der Waals surface area contributed by atoms with Gasteiger partial charge >= 0.3 is 0 Å². The van der Waals surface area contributed by atoms with Crippen LogP contribution >= 0.6 is 0 Å². The minimum absolute atomic E-state index is 0.0692. The molecule has 0 radical (unpaired) electrons. The normalized spacial score (nSPS) is 11.0. The third-order valence-electron chi connectivity index (χ3n) is 3.54. The highest BCUT2D eigenvalue weighted by Crippen LogP contribution is 2.21. The van der Waals surface area contributed by atoms with Gasteiger partial charge < -0.3 is 10.1 Å². The Hall–Kier alpha value is -2.61. The average molecular weight is 380 g/mol. The first-order chi connectivity index (χ1) is 12.3. The van der Waals surface area contributed by atoms with Gasteiger partial charge in [-0.2, -0.15) is 0 Å². The predicted octanol–water partition coefficient (Wildman–Crippen LogP) is 2.42. The maximum Gasteiger partial charge on any atom is 0.251 e. The molecule has 140 valence electrons. The molecule has 1 amide bonds. The molecule has 0 aliphatic rings. The number of ether oxygens (including phenoxy) is 1. The van der Waals surface area contributed by atoms with E-state index in [2.05, 4.69) is 5.32 Å². The summed E-state index contributed by atoms with van der Waals surface area (Å²) >= 11 is 0. The lowest BCUT2D eigenvalue weighted by Crippen LogP contribution is -2.38. The van der Waals surface area contributed by atoms with Crippen LogP contribution in [0.15, 0.2) is 48.5 Å². The van der Waals surface area contributed by atoms with Crippen molar-refractivity contribution in [2.24, 2.45) is 0 Å². The van der Waals surface area contributed by atoms with Crippen molar-refractivity contribution >= 4 is 21.6 Å². The number of hydrogen-bond donors (Lipinski definition) is 1. The molecule has 6 nitrogen and oxygen atoms in total. The summed E-state index contributed by atoms with van der Waals surface area (Å²) in [7, 11) is -3.52. The minimum atomic E-state index is -3.52. The van der Waals surface area contributed by atoms with Crippen LogP contribution in [0, 0.1) is 5.82 Å². The molecule has 0 heterocycles. The molecule has 1 N–H and O–H groups in total. The maximum absolute atomic E-state index is 12.9. The molecule has 8 heteroatoms. The van der Waals surface area contributed by atoms with Crippen molar-refractivity contribution in [3.63, 3.8) is 0 Å². The van der Waals surface area contributed by atoms with E-state index in [9.17, 15) is 17.6 Å². The molecule has 2 rings (SSSR count). The highest BCUT2D eigenvalue weighted by molar-refractivity contribution is 7.92. The Bertz CT molecular complexity index is 836. The van der Waals surface area contributed by atoms with Crippen LogP contribution in [-0.2, 0) is 10.0 Å². The lowest BCUT2D eigenvalue weighted by molar-refractivity contribution is 0.0955. The molecule has 26 heavy (non-hydrogen) atoms. The van der Waals surface area contributed by atoms with Crippen molar-refractivity contribution in [3.05, 3.63) is 59.9 Å². The quantitative estimate of drug-likeness (QED) is 0.763. The Labute approximate surface area is 152 Å². The largest absolute Gasteiger partial charge is 0.494 e. The number of sulfonamides is 1. The van der Waals surface area contributed by atoms with E-state index in [0.717, 1.165) is 6.26 Å². The summed E-state index contributed by atoms with van der Waals surface area (Å²) in [6.07, 6.45) is 1.10. The standard InChI is InChI=1S/C18H21FN2O4S/c1-3-25-17-10-8-16(9-11-17)21(26(2,23)24)13-12-20-18(22)14-4-6-15(19)7-5-14/h4-11H,3,12-13H2,1-2H3,(H,20,22). The zero-order chi connectivity index (χ0) is 19.2. The molecule has 0 bridgehead atoms. The molecule has 0 saturated heterocycles. The smallest absolute Gasteiger partial charge is 0.251 e. The Morgan fingerprint density at radius 3 is 2.27 bits per heavy atom. The molecule has 0 fully saturated rings. The van der Waals surface area contributed by atoms with Gasteiger partial charge in [0, 0.05) is 12.1 Å². The van der Waals surface area contributed by atoms with Crippen molar-refractivity contribution in [3.8, 4) is 5.75 Å². The van der Waals surface area contributed by atoms with Crippen LogP contribution in [-0.4, -0.2) is 40.3 Å². The fraction of sp³-hybridized carbons (Fsp3) is 0.278. The van der Waals surface area contributed by atoms with Crippen molar-refractivity contribution in [1.82, 2.24) is 5.32 Å². The SMILES string of the molecule is CCOc1ccc(N(CCNC(=O)c2ccc(F)cc2)S(C)(=O)=O)cc1. The van der Waals surface area contributed by atoms with E-state index in [1.807, 2.05) is 6.92 Å². The van der Waals surface area contributed by atoms with Gasteiger partial charge in [-0.05, 0) is 55.5 Å². The molecular formula is C18H21FN2O4S. The van der Waals surface area contributed by atoms with E-state index < -0.39 is 21.7 Å². The van der Waals surface area contributed by atoms with Crippen molar-refractivity contribution in [2.45, 2.75) is 6.92 Å². The average Bonchev–Trinajstić information content (AvgIpc) is 2.59. The zero-order valence-corrected chi connectivity index (χ0v) is 15.4. The topological polar surface area (TPSA) is 75.7 Å². The molecule has 0 aliphatic heterocycles. The van der Waals surface area contributed by atoms with E-state index >= 15 is 0 Å². The number of hydrogen-bond acceptors (Lipinski definition) is 4. The van der Waals surface area contributed by atoms with Crippen LogP contribution in [0.1, 0.15) is 17.3 Å². The van der Waals surface area contributed by atoms with Gasteiger partial charge in [0.25, 0.3) is 5.91 Å². The van der Waals surface area contributed by atoms with Gasteiger partial charge in [-0.15, -0.1) is 0 Å². The fourth-order valence-corrected chi connectivity index (χ4v) is 3.26. The number of nitrogens with zero attached hydrogens (tertiary/aromatic N) is 1. The monoisotopic (exact) mass is 380 g/mol. The summed E-state index contributed by atoms with van der Waals surface area (Å²) in [6, 6.07) is 11.8. The number of carbonyl (C=O) groups excluding carboxylic acids is 1. The van der Waals surface area contributed by atoms with Gasteiger partial charge in [0.05, 0.1) is 25.1 Å². The van der Waals surface area contributed by atoms with Crippen LogP contribution in [0.3, 0.4) is 0 Å². The number of rotatable bonds is 8. The molecule has 0 spiro atoms. The fourth-order valence-electron chi connectivity index (χ4n) is 2.34. The predicted molar refractivity (Wildman–Crippen MR) is 98.5 cm³/mol. The molecule has 0 unspecified atom stereocenters. The second-order valence-electron chi connectivity index (χ2n) is 5.52. The Morgan fingerprint density at radius 2 is 1.73 bits per heavy atom. The zero-order valence-electron chi connectivity index (χ0n) is 14.6. The molecule has 0 saturated carbocycles. The van der Waals surface area contributed by atoms with Gasteiger partial charge in [0.1, 0.15) is 11.6 Å². The maximum atomic E-state index is 12.9. The van der Waals surface area contributed by atoms with Gasteiger partial charge in [0.15, 0.2) is 0 Å². The number of anilines is 1. The molecule has 2 aromatic rings. The Balaban J connectivity index is 2.02. The van der Waals surface area contributed by atoms with Crippen LogP contribution in [0.5, 0.6) is 5.75 Å². The number of carbonyl (C=O) groups is 1. The van der Waals surface area contributed by atoms with E-state index in [0.29, 0.717) is 23.6 Å². The van der Waals surface area contributed by atoms with Gasteiger partial charge in [0.2, 0.25) is 10.0 Å². The second-order valence-corrected chi connectivity index (χ2v) is 7.43. The molecule has 0 aromatic heterocycles. The summed E-state index contributed by atoms with van der Waals surface area (Å²) < 4.78 is 43.6. The van der Waals surface area contributed by atoms with Crippen molar-refractivity contribution in [1.29, 1.82) is 0 Å². The number of nitrogens with one attached hydrogen (secondary N) is 1. The van der Waals surface area contributed by atoms with E-state index in [-0.39, 0.29) is 13.1 Å². The Kier molecular flexibility index (Phi) is 6.57. The van der Waals surface area contributed by atoms with Gasteiger partial charge in [-0.25, -0.2) is 12.8 Å². The van der Waals surface area contributed by atoms with Crippen LogP contribution in [0.4, 0.5) is 10.1 Å². The van der Waals surface area contributed by atoms with Crippen LogP contribution in [0.2, 0.25) is 0 Å². The molecular weight excluding hydrogens is 359 g/mol. The first-order valence-electron chi connectivity index (χ1n) is 8.05. The highest BCUT2D eigenvalue weighted by atomic mass is 32.2. The summed E-state index contributed by atoms with van der Waals surface area (Å²) in [5.74, 6) is -0.181. The van der Waals surface area contributed by atoms with E-state index in [1.165, 1.54) is 28.6 Å². The summed E-state index contributed by atoms with van der Waals surface area (Å²) in [5.41, 5.74) is 0.783. The number of benzene rings is 2. The highest BCUT2D eigenvalue weighted by Gasteiger charge is 2.17. The van der Waals surface area contributed by atoms with Crippen LogP contribution in [0.25, 0.3) is 0 Å². The number of halogens is 1. The lowest BCUT2D eigenvalue weighted by atomic mass is 10.2. The summed E-state index contributed by atoms with van der Waals surface area (Å²) in [5, 5.41) is 2.63. The summed E-state index contributed by atoms with van der Waals surface area (Å²) in [6.45, 7) is 2.56. The molecule has 0 atom stereocenters. The molecule has 0 aliphatic carbocycles. The van der Waals surface area contributed by atoms with Crippen molar-refractivity contribution < 1.29 is 22.3 Å². The first kappa shape index (κ1) is 19.7.